The lowest BCUT2D eigenvalue weighted by molar-refractivity contribution is 0.586. The Morgan fingerprint density at radius 1 is 0.893 bits per heavy atom. The van der Waals surface area contributed by atoms with Gasteiger partial charge in [-0.15, -0.1) is 0 Å². The van der Waals surface area contributed by atoms with E-state index >= 15 is 0 Å². The maximum atomic E-state index is 12.0. The molecular weight excluding hydrogens is 394 g/mol. The Morgan fingerprint density at radius 2 is 1.39 bits per heavy atom. The SMILES string of the molecule is CC(C)S(=O)(=O)Cc1ccc(CCc2ccc(N3CCCS3(=O)=O)cc2)cc1. The number of nitrogens with zero attached hydrogens (tertiary/aromatic N) is 1. The lowest BCUT2D eigenvalue weighted by Crippen LogP contribution is -2.24. The van der Waals surface area contributed by atoms with E-state index in [1.807, 2.05) is 48.5 Å². The van der Waals surface area contributed by atoms with Crippen LogP contribution in [0.3, 0.4) is 0 Å². The smallest absolute Gasteiger partial charge is 0.235 e. The van der Waals surface area contributed by atoms with Gasteiger partial charge in [0, 0.05) is 6.54 Å². The van der Waals surface area contributed by atoms with Crippen molar-refractivity contribution in [2.24, 2.45) is 0 Å². The summed E-state index contributed by atoms with van der Waals surface area (Å²) in [5, 5.41) is -0.370. The maximum absolute atomic E-state index is 12.0. The molecule has 0 atom stereocenters. The summed E-state index contributed by atoms with van der Waals surface area (Å²) in [6.07, 6.45) is 2.37. The Labute approximate surface area is 168 Å². The van der Waals surface area contributed by atoms with E-state index in [-0.39, 0.29) is 16.8 Å². The zero-order valence-corrected chi connectivity index (χ0v) is 18.0. The molecule has 5 nitrogen and oxygen atoms in total. The molecule has 0 saturated carbocycles. The molecule has 28 heavy (non-hydrogen) atoms. The van der Waals surface area contributed by atoms with Gasteiger partial charge in [0.1, 0.15) is 0 Å². The summed E-state index contributed by atoms with van der Waals surface area (Å²) >= 11 is 0. The first kappa shape index (κ1) is 20.9. The Morgan fingerprint density at radius 3 is 1.86 bits per heavy atom. The van der Waals surface area contributed by atoms with Crippen molar-refractivity contribution in [2.45, 2.75) is 44.1 Å². The molecule has 1 aliphatic rings. The Bertz CT molecular complexity index is 1010. The predicted molar refractivity (Wildman–Crippen MR) is 114 cm³/mol. The van der Waals surface area contributed by atoms with E-state index in [1.165, 1.54) is 4.31 Å². The van der Waals surface area contributed by atoms with Crippen LogP contribution in [0.2, 0.25) is 0 Å². The minimum absolute atomic E-state index is 0.0752. The van der Waals surface area contributed by atoms with Gasteiger partial charge in [-0.3, -0.25) is 4.31 Å². The summed E-state index contributed by atoms with van der Waals surface area (Å²) in [6.45, 7) is 3.96. The van der Waals surface area contributed by atoms with E-state index in [2.05, 4.69) is 0 Å². The maximum Gasteiger partial charge on any atom is 0.235 e. The molecule has 0 radical (unpaired) electrons. The summed E-state index contributed by atoms with van der Waals surface area (Å²) in [7, 11) is -6.23. The average Bonchev–Trinajstić information content (AvgIpc) is 3.00. The van der Waals surface area contributed by atoms with E-state index in [4.69, 9.17) is 0 Å². The van der Waals surface area contributed by atoms with Gasteiger partial charge in [-0.1, -0.05) is 36.4 Å². The molecule has 2 aromatic rings. The van der Waals surface area contributed by atoms with Crippen LogP contribution >= 0.6 is 0 Å². The van der Waals surface area contributed by atoms with E-state index < -0.39 is 19.9 Å². The van der Waals surface area contributed by atoms with E-state index in [0.29, 0.717) is 13.0 Å². The summed E-state index contributed by atoms with van der Waals surface area (Å²) in [5.74, 6) is 0.301. The second kappa shape index (κ2) is 8.25. The topological polar surface area (TPSA) is 71.5 Å². The quantitative estimate of drug-likeness (QED) is 0.687. The zero-order valence-electron chi connectivity index (χ0n) is 16.3. The number of hydrogen-bond donors (Lipinski definition) is 0. The third-order valence-electron chi connectivity index (χ3n) is 5.14. The molecule has 2 aromatic carbocycles. The molecular formula is C21H27NO4S2. The molecule has 7 heteroatoms. The van der Waals surface area contributed by atoms with Crippen molar-refractivity contribution in [3.05, 3.63) is 65.2 Å². The molecule has 152 valence electrons. The van der Waals surface area contributed by atoms with E-state index in [1.54, 1.807) is 13.8 Å². The molecule has 0 aliphatic carbocycles. The fourth-order valence-corrected chi connectivity index (χ4v) is 5.80. The number of benzene rings is 2. The number of hydrogen-bond acceptors (Lipinski definition) is 4. The fraction of sp³-hybridized carbons (Fsp3) is 0.429. The number of sulfonamides is 1. The zero-order chi connectivity index (χ0) is 20.4. The van der Waals surface area contributed by atoms with Crippen molar-refractivity contribution in [1.82, 2.24) is 0 Å². The van der Waals surface area contributed by atoms with Gasteiger partial charge in [-0.25, -0.2) is 16.8 Å². The average molecular weight is 422 g/mol. The van der Waals surface area contributed by atoms with Crippen molar-refractivity contribution >= 4 is 25.5 Å². The minimum Gasteiger partial charge on any atom is -0.270 e. The van der Waals surface area contributed by atoms with Gasteiger partial charge in [0.05, 0.1) is 22.4 Å². The van der Waals surface area contributed by atoms with Crippen LogP contribution in [-0.4, -0.2) is 34.4 Å². The Kier molecular flexibility index (Phi) is 6.15. The lowest BCUT2D eigenvalue weighted by Gasteiger charge is -2.17. The molecule has 0 unspecified atom stereocenters. The highest BCUT2D eigenvalue weighted by Gasteiger charge is 2.28. The van der Waals surface area contributed by atoms with Crippen LogP contribution in [0.5, 0.6) is 0 Å². The van der Waals surface area contributed by atoms with Gasteiger partial charge in [-0.2, -0.15) is 0 Å². The first-order valence-corrected chi connectivity index (χ1v) is 12.9. The standard InChI is InChI=1S/C21H27NO4S2/c1-17(2)27(23,24)16-20-8-6-18(7-9-20)4-5-19-10-12-21(13-11-19)22-14-3-15-28(22,25)26/h6-13,17H,3-5,14-16H2,1-2H3. The van der Waals surface area contributed by atoms with Gasteiger partial charge >= 0.3 is 0 Å². The fourth-order valence-electron chi connectivity index (χ4n) is 3.25. The second-order valence-electron chi connectivity index (χ2n) is 7.58. The third kappa shape index (κ3) is 4.94. The van der Waals surface area contributed by atoms with Crippen LogP contribution in [0.4, 0.5) is 5.69 Å². The van der Waals surface area contributed by atoms with Crippen LogP contribution in [-0.2, 0) is 38.5 Å². The highest BCUT2D eigenvalue weighted by Crippen LogP contribution is 2.24. The lowest BCUT2D eigenvalue weighted by atomic mass is 10.0. The molecule has 1 fully saturated rings. The largest absolute Gasteiger partial charge is 0.270 e. The molecule has 3 rings (SSSR count). The number of aryl methyl sites for hydroxylation is 2. The second-order valence-corrected chi connectivity index (χ2v) is 12.2. The van der Waals surface area contributed by atoms with Gasteiger partial charge in [-0.05, 0) is 61.9 Å². The molecule has 0 bridgehead atoms. The van der Waals surface area contributed by atoms with Crippen molar-refractivity contribution in [3.8, 4) is 0 Å². The first-order valence-electron chi connectivity index (χ1n) is 9.56. The number of anilines is 1. The molecule has 1 heterocycles. The Balaban J connectivity index is 1.58. The van der Waals surface area contributed by atoms with Gasteiger partial charge in [0.25, 0.3) is 0 Å². The molecule has 0 aromatic heterocycles. The summed E-state index contributed by atoms with van der Waals surface area (Å²) in [4.78, 5) is 0. The predicted octanol–water partition coefficient (Wildman–Crippen LogP) is 3.33. The minimum atomic E-state index is -3.14. The van der Waals surface area contributed by atoms with Gasteiger partial charge in [0.15, 0.2) is 9.84 Å². The van der Waals surface area contributed by atoms with Gasteiger partial charge in [0.2, 0.25) is 10.0 Å². The van der Waals surface area contributed by atoms with Crippen molar-refractivity contribution in [2.75, 3.05) is 16.6 Å². The number of rotatable bonds is 7. The molecule has 0 N–H and O–H groups in total. The molecule has 0 amide bonds. The van der Waals surface area contributed by atoms with Crippen molar-refractivity contribution in [1.29, 1.82) is 0 Å². The van der Waals surface area contributed by atoms with Crippen molar-refractivity contribution in [3.63, 3.8) is 0 Å². The third-order valence-corrected chi connectivity index (χ3v) is 9.18. The summed E-state index contributed by atoms with van der Waals surface area (Å²) < 4.78 is 49.5. The molecule has 1 aliphatic heterocycles. The monoisotopic (exact) mass is 421 g/mol. The highest BCUT2D eigenvalue weighted by atomic mass is 32.2. The van der Waals surface area contributed by atoms with Gasteiger partial charge < -0.3 is 0 Å². The van der Waals surface area contributed by atoms with Crippen molar-refractivity contribution < 1.29 is 16.8 Å². The Hall–Kier alpha value is -1.86. The normalized spacial score (nSPS) is 16.6. The van der Waals surface area contributed by atoms with E-state index in [0.717, 1.165) is 35.2 Å². The number of sulfone groups is 1. The highest BCUT2D eigenvalue weighted by molar-refractivity contribution is 7.93. The summed E-state index contributed by atoms with van der Waals surface area (Å²) in [5.41, 5.74) is 3.84. The van der Waals surface area contributed by atoms with E-state index in [9.17, 15) is 16.8 Å². The van der Waals surface area contributed by atoms with Crippen LogP contribution in [0.1, 0.15) is 37.0 Å². The molecule has 1 saturated heterocycles. The van der Waals surface area contributed by atoms with Crippen LogP contribution in [0.25, 0.3) is 0 Å². The van der Waals surface area contributed by atoms with Crippen LogP contribution in [0.15, 0.2) is 48.5 Å². The molecule has 0 spiro atoms. The van der Waals surface area contributed by atoms with Crippen LogP contribution in [0, 0.1) is 0 Å². The van der Waals surface area contributed by atoms with Crippen LogP contribution < -0.4 is 4.31 Å². The summed E-state index contributed by atoms with van der Waals surface area (Å²) in [6, 6.07) is 15.4. The first-order chi connectivity index (χ1) is 13.2.